The fourth-order valence-corrected chi connectivity index (χ4v) is 2.38. The lowest BCUT2D eigenvalue weighted by Gasteiger charge is -2.26. The van der Waals surface area contributed by atoms with Crippen LogP contribution in [0.5, 0.6) is 0 Å². The summed E-state index contributed by atoms with van der Waals surface area (Å²) in [7, 11) is 0. The van der Waals surface area contributed by atoms with Crippen molar-refractivity contribution >= 4 is 0 Å². The minimum atomic E-state index is -0.759. The molecule has 0 bridgehead atoms. The van der Waals surface area contributed by atoms with Crippen LogP contribution in [-0.4, -0.2) is 24.5 Å². The molecule has 0 aliphatic carbocycles. The largest absolute Gasteiger partial charge is 0.303 e. The molecule has 0 aromatic heterocycles. The lowest BCUT2D eigenvalue weighted by Crippen LogP contribution is -2.30. The summed E-state index contributed by atoms with van der Waals surface area (Å²) in [5.74, 6) is -1.50. The molecule has 1 fully saturated rings. The molecule has 0 N–H and O–H groups in total. The van der Waals surface area contributed by atoms with E-state index in [1.807, 2.05) is 0 Å². The summed E-state index contributed by atoms with van der Waals surface area (Å²) in [5, 5.41) is 0. The average molecular weight is 239 g/mol. The van der Waals surface area contributed by atoms with Gasteiger partial charge in [-0.3, -0.25) is 0 Å². The molecular formula is C14H19F2N. The highest BCUT2D eigenvalue weighted by atomic mass is 19.2. The second-order valence-corrected chi connectivity index (χ2v) is 4.75. The summed E-state index contributed by atoms with van der Waals surface area (Å²) in [6.07, 6.45) is 5.79. The number of hydrogen-bond acceptors (Lipinski definition) is 1. The van der Waals surface area contributed by atoms with E-state index in [1.165, 1.54) is 44.5 Å². The maximum Gasteiger partial charge on any atom is 0.159 e. The van der Waals surface area contributed by atoms with Gasteiger partial charge in [-0.25, -0.2) is 8.78 Å². The van der Waals surface area contributed by atoms with Crippen molar-refractivity contribution < 1.29 is 8.78 Å². The number of rotatable bonds is 4. The molecule has 0 amide bonds. The highest BCUT2D eigenvalue weighted by Gasteiger charge is 2.09. The summed E-state index contributed by atoms with van der Waals surface area (Å²) in [6, 6.07) is 4.20. The summed E-state index contributed by atoms with van der Waals surface area (Å²) in [4.78, 5) is 2.46. The third kappa shape index (κ3) is 3.77. The van der Waals surface area contributed by atoms with Gasteiger partial charge in [0.25, 0.3) is 0 Å². The average Bonchev–Trinajstić information content (AvgIpc) is 2.35. The SMILES string of the molecule is Fc1ccc(CCCN2CCCCC2)cc1F. The maximum absolute atomic E-state index is 13.0. The van der Waals surface area contributed by atoms with E-state index in [4.69, 9.17) is 0 Å². The van der Waals surface area contributed by atoms with Crippen molar-refractivity contribution in [3.63, 3.8) is 0 Å². The molecule has 0 saturated carbocycles. The standard InChI is InChI=1S/C14H19F2N/c15-13-7-6-12(11-14(13)16)5-4-10-17-8-2-1-3-9-17/h6-7,11H,1-5,8-10H2. The summed E-state index contributed by atoms with van der Waals surface area (Å²) in [5.41, 5.74) is 0.890. The molecule has 94 valence electrons. The van der Waals surface area contributed by atoms with E-state index in [9.17, 15) is 8.78 Å². The Morgan fingerprint density at radius 2 is 1.76 bits per heavy atom. The van der Waals surface area contributed by atoms with Gasteiger partial charge in [-0.15, -0.1) is 0 Å². The molecule has 3 heteroatoms. The van der Waals surface area contributed by atoms with E-state index in [2.05, 4.69) is 4.90 Å². The van der Waals surface area contributed by atoms with Crippen LogP contribution in [0.2, 0.25) is 0 Å². The zero-order chi connectivity index (χ0) is 12.1. The molecule has 2 rings (SSSR count). The van der Waals surface area contributed by atoms with Crippen LogP contribution < -0.4 is 0 Å². The van der Waals surface area contributed by atoms with Crippen molar-refractivity contribution in [1.82, 2.24) is 4.90 Å². The molecule has 1 nitrogen and oxygen atoms in total. The number of nitrogens with zero attached hydrogens (tertiary/aromatic N) is 1. The first-order valence-corrected chi connectivity index (χ1v) is 6.42. The number of hydrogen-bond donors (Lipinski definition) is 0. The molecule has 17 heavy (non-hydrogen) atoms. The van der Waals surface area contributed by atoms with Crippen molar-refractivity contribution in [2.24, 2.45) is 0 Å². The lowest BCUT2D eigenvalue weighted by atomic mass is 10.1. The van der Waals surface area contributed by atoms with Crippen LogP contribution in [-0.2, 0) is 6.42 Å². The van der Waals surface area contributed by atoms with E-state index >= 15 is 0 Å². The van der Waals surface area contributed by atoms with Crippen LogP contribution in [0.15, 0.2) is 18.2 Å². The summed E-state index contributed by atoms with van der Waals surface area (Å²) in [6.45, 7) is 3.45. The molecular weight excluding hydrogens is 220 g/mol. The molecule has 1 aliphatic rings. The molecule has 1 heterocycles. The maximum atomic E-state index is 13.0. The van der Waals surface area contributed by atoms with Gasteiger partial charge in [0.1, 0.15) is 0 Å². The monoisotopic (exact) mass is 239 g/mol. The van der Waals surface area contributed by atoms with Crippen LogP contribution >= 0.6 is 0 Å². The fraction of sp³-hybridized carbons (Fsp3) is 0.571. The number of halogens is 2. The smallest absolute Gasteiger partial charge is 0.159 e. The van der Waals surface area contributed by atoms with Gasteiger partial charge in [0, 0.05) is 0 Å². The van der Waals surface area contributed by atoms with Gasteiger partial charge in [0.05, 0.1) is 0 Å². The second-order valence-electron chi connectivity index (χ2n) is 4.75. The van der Waals surface area contributed by atoms with E-state index in [0.29, 0.717) is 0 Å². The highest BCUT2D eigenvalue weighted by Crippen LogP contribution is 2.12. The number of benzene rings is 1. The van der Waals surface area contributed by atoms with Gasteiger partial charge >= 0.3 is 0 Å². The quantitative estimate of drug-likeness (QED) is 0.778. The zero-order valence-electron chi connectivity index (χ0n) is 10.1. The number of aryl methyl sites for hydroxylation is 1. The first-order valence-electron chi connectivity index (χ1n) is 6.42. The lowest BCUT2D eigenvalue weighted by molar-refractivity contribution is 0.226. The van der Waals surface area contributed by atoms with Crippen LogP contribution in [0.3, 0.4) is 0 Å². The van der Waals surface area contributed by atoms with Gasteiger partial charge < -0.3 is 4.90 Å². The first kappa shape index (κ1) is 12.5. The minimum Gasteiger partial charge on any atom is -0.303 e. The molecule has 0 spiro atoms. The Balaban J connectivity index is 1.75. The Kier molecular flexibility index (Phi) is 4.49. The van der Waals surface area contributed by atoms with Crippen LogP contribution in [0.25, 0.3) is 0 Å². The second kappa shape index (κ2) is 6.10. The first-order chi connectivity index (χ1) is 8.25. The van der Waals surface area contributed by atoms with Crippen molar-refractivity contribution in [1.29, 1.82) is 0 Å². The molecule has 0 atom stereocenters. The van der Waals surface area contributed by atoms with E-state index in [0.717, 1.165) is 24.9 Å². The molecule has 0 radical (unpaired) electrons. The van der Waals surface area contributed by atoms with Crippen LogP contribution in [0, 0.1) is 11.6 Å². The van der Waals surface area contributed by atoms with Crippen molar-refractivity contribution in [3.05, 3.63) is 35.4 Å². The molecule has 0 unspecified atom stereocenters. The Hall–Kier alpha value is -0.960. The van der Waals surface area contributed by atoms with Gasteiger partial charge in [0.15, 0.2) is 11.6 Å². The molecule has 1 aromatic carbocycles. The number of likely N-dealkylation sites (tertiary alicyclic amines) is 1. The van der Waals surface area contributed by atoms with Crippen molar-refractivity contribution in [3.8, 4) is 0 Å². The zero-order valence-corrected chi connectivity index (χ0v) is 10.1. The Bertz CT molecular complexity index is 359. The predicted octanol–water partition coefficient (Wildman–Crippen LogP) is 3.38. The fourth-order valence-electron chi connectivity index (χ4n) is 2.38. The number of piperidine rings is 1. The summed E-state index contributed by atoms with van der Waals surface area (Å²) >= 11 is 0. The molecule has 1 aliphatic heterocycles. The minimum absolute atomic E-state index is 0.736. The molecule has 1 aromatic rings. The van der Waals surface area contributed by atoms with Gasteiger partial charge in [-0.05, 0) is 63.0 Å². The normalized spacial score (nSPS) is 17.3. The van der Waals surface area contributed by atoms with E-state index < -0.39 is 11.6 Å². The van der Waals surface area contributed by atoms with Crippen molar-refractivity contribution in [2.75, 3.05) is 19.6 Å². The van der Waals surface area contributed by atoms with Crippen LogP contribution in [0.1, 0.15) is 31.2 Å². The topological polar surface area (TPSA) is 3.24 Å². The predicted molar refractivity (Wildman–Crippen MR) is 65.0 cm³/mol. The Morgan fingerprint density at radius 3 is 2.47 bits per heavy atom. The van der Waals surface area contributed by atoms with Gasteiger partial charge in [-0.1, -0.05) is 12.5 Å². The van der Waals surface area contributed by atoms with Gasteiger partial charge in [0.2, 0.25) is 0 Å². The Labute approximate surface area is 101 Å². The summed E-state index contributed by atoms with van der Waals surface area (Å²) < 4.78 is 25.7. The third-order valence-corrected chi connectivity index (χ3v) is 3.37. The highest BCUT2D eigenvalue weighted by molar-refractivity contribution is 5.17. The van der Waals surface area contributed by atoms with Gasteiger partial charge in [-0.2, -0.15) is 0 Å². The van der Waals surface area contributed by atoms with E-state index in [1.54, 1.807) is 6.07 Å². The molecule has 1 saturated heterocycles. The third-order valence-electron chi connectivity index (χ3n) is 3.37. The van der Waals surface area contributed by atoms with Crippen molar-refractivity contribution in [2.45, 2.75) is 32.1 Å². The van der Waals surface area contributed by atoms with Crippen LogP contribution in [0.4, 0.5) is 8.78 Å². The van der Waals surface area contributed by atoms with E-state index in [-0.39, 0.29) is 0 Å². The Morgan fingerprint density at radius 1 is 1.00 bits per heavy atom.